The first-order valence-electron chi connectivity index (χ1n) is 7.59. The van der Waals surface area contributed by atoms with Gasteiger partial charge in [0.2, 0.25) is 5.91 Å². The molecule has 0 bridgehead atoms. The summed E-state index contributed by atoms with van der Waals surface area (Å²) in [5.74, 6) is 1.24. The summed E-state index contributed by atoms with van der Waals surface area (Å²) in [7, 11) is 0. The molecule has 0 fully saturated rings. The summed E-state index contributed by atoms with van der Waals surface area (Å²) < 4.78 is 2.21. The Labute approximate surface area is 158 Å². The zero-order valence-corrected chi connectivity index (χ0v) is 16.4. The van der Waals surface area contributed by atoms with Crippen LogP contribution in [0.3, 0.4) is 0 Å². The molecule has 0 saturated carbocycles. The van der Waals surface area contributed by atoms with Gasteiger partial charge in [-0.05, 0) is 30.7 Å². The minimum Gasteiger partial charge on any atom is -0.349 e. The molecule has 0 spiro atoms. The van der Waals surface area contributed by atoms with E-state index in [9.17, 15) is 4.79 Å². The zero-order valence-electron chi connectivity index (χ0n) is 13.2. The van der Waals surface area contributed by atoms with Gasteiger partial charge in [0.25, 0.3) is 0 Å². The average molecular weight is 421 g/mol. The molecule has 0 aliphatic rings. The van der Waals surface area contributed by atoms with Gasteiger partial charge in [-0.15, -0.1) is 23.1 Å². The molecule has 1 aromatic heterocycles. The molecule has 1 heterocycles. The van der Waals surface area contributed by atoms with Gasteiger partial charge in [-0.25, -0.2) is 4.98 Å². The van der Waals surface area contributed by atoms with Crippen molar-refractivity contribution in [3.8, 4) is 0 Å². The summed E-state index contributed by atoms with van der Waals surface area (Å²) in [6.45, 7) is 2.00. The molecule has 6 heteroatoms. The lowest BCUT2D eigenvalue weighted by molar-refractivity contribution is -0.119. The van der Waals surface area contributed by atoms with Crippen molar-refractivity contribution in [3.63, 3.8) is 0 Å². The lowest BCUT2D eigenvalue weighted by Crippen LogP contribution is -2.28. The van der Waals surface area contributed by atoms with Gasteiger partial charge >= 0.3 is 0 Å². The molecule has 0 radical (unpaired) electrons. The van der Waals surface area contributed by atoms with Crippen molar-refractivity contribution in [2.75, 3.05) is 5.75 Å². The number of aromatic nitrogens is 1. The summed E-state index contributed by atoms with van der Waals surface area (Å²) in [6, 6.07) is 16.0. The molecule has 3 rings (SSSR count). The third-order valence-electron chi connectivity index (χ3n) is 3.55. The molecule has 1 N–H and O–H groups in total. The van der Waals surface area contributed by atoms with E-state index in [-0.39, 0.29) is 11.9 Å². The van der Waals surface area contributed by atoms with Crippen LogP contribution in [0.15, 0.2) is 53.0 Å². The molecule has 1 unspecified atom stereocenters. The van der Waals surface area contributed by atoms with Gasteiger partial charge < -0.3 is 5.32 Å². The fourth-order valence-corrected chi connectivity index (χ4v) is 4.89. The van der Waals surface area contributed by atoms with Gasteiger partial charge in [-0.2, -0.15) is 0 Å². The fourth-order valence-electron chi connectivity index (χ4n) is 2.40. The largest absolute Gasteiger partial charge is 0.349 e. The molecule has 1 amide bonds. The van der Waals surface area contributed by atoms with E-state index in [1.165, 1.54) is 4.70 Å². The van der Waals surface area contributed by atoms with Crippen LogP contribution in [0.2, 0.25) is 0 Å². The molecule has 0 saturated heterocycles. The third-order valence-corrected chi connectivity index (χ3v) is 6.43. The Balaban J connectivity index is 1.49. The molecule has 3 aromatic rings. The van der Waals surface area contributed by atoms with Gasteiger partial charge in [0, 0.05) is 10.2 Å². The van der Waals surface area contributed by atoms with Crippen LogP contribution in [0.25, 0.3) is 10.2 Å². The highest BCUT2D eigenvalue weighted by molar-refractivity contribution is 9.10. The second kappa shape index (κ2) is 8.14. The molecule has 3 nitrogen and oxygen atoms in total. The van der Waals surface area contributed by atoms with Crippen molar-refractivity contribution in [3.05, 3.63) is 63.6 Å². The van der Waals surface area contributed by atoms with Crippen molar-refractivity contribution >= 4 is 55.2 Å². The van der Waals surface area contributed by atoms with E-state index in [1.807, 2.05) is 49.4 Å². The number of fused-ring (bicyclic) bond motifs is 1. The number of benzene rings is 2. The van der Waals surface area contributed by atoms with E-state index in [2.05, 4.69) is 32.3 Å². The molecule has 24 heavy (non-hydrogen) atoms. The predicted octanol–water partition coefficient (Wildman–Crippen LogP) is 5.17. The number of carbonyl (C=O) groups excluding carboxylic acids is 1. The highest BCUT2D eigenvalue weighted by Gasteiger charge is 2.12. The Morgan fingerprint density at radius 1 is 1.25 bits per heavy atom. The van der Waals surface area contributed by atoms with E-state index in [1.54, 1.807) is 23.1 Å². The zero-order chi connectivity index (χ0) is 16.9. The van der Waals surface area contributed by atoms with Gasteiger partial charge in [-0.1, -0.05) is 46.3 Å². The minimum absolute atomic E-state index is 0.0175. The molecular weight excluding hydrogens is 404 g/mol. The summed E-state index contributed by atoms with van der Waals surface area (Å²) >= 11 is 6.81. The van der Waals surface area contributed by atoms with Crippen LogP contribution in [0, 0.1) is 0 Å². The Morgan fingerprint density at radius 3 is 2.79 bits per heavy atom. The highest BCUT2D eigenvalue weighted by atomic mass is 79.9. The van der Waals surface area contributed by atoms with Crippen LogP contribution in [-0.2, 0) is 10.5 Å². The lowest BCUT2D eigenvalue weighted by atomic mass is 10.1. The normalized spacial score (nSPS) is 12.2. The number of para-hydroxylation sites is 1. The van der Waals surface area contributed by atoms with Crippen LogP contribution < -0.4 is 5.32 Å². The number of rotatable bonds is 6. The maximum Gasteiger partial charge on any atom is 0.230 e. The van der Waals surface area contributed by atoms with Crippen molar-refractivity contribution in [2.45, 2.75) is 18.7 Å². The number of nitrogens with one attached hydrogen (secondary N) is 1. The summed E-state index contributed by atoms with van der Waals surface area (Å²) in [5.41, 5.74) is 2.12. The van der Waals surface area contributed by atoms with Gasteiger partial charge in [-0.3, -0.25) is 4.79 Å². The molecular formula is C18H17BrN2OS2. The van der Waals surface area contributed by atoms with Crippen LogP contribution in [0.4, 0.5) is 0 Å². The fraction of sp³-hybridized carbons (Fsp3) is 0.222. The van der Waals surface area contributed by atoms with Crippen molar-refractivity contribution in [1.29, 1.82) is 0 Å². The van der Waals surface area contributed by atoms with Crippen molar-refractivity contribution < 1.29 is 4.79 Å². The third kappa shape index (κ3) is 4.37. The Hall–Kier alpha value is -1.37. The predicted molar refractivity (Wildman–Crippen MR) is 106 cm³/mol. The number of hydrogen-bond donors (Lipinski definition) is 1. The number of carbonyl (C=O) groups is 1. The van der Waals surface area contributed by atoms with Crippen molar-refractivity contribution in [1.82, 2.24) is 10.3 Å². The molecule has 124 valence electrons. The standard InChI is InChI=1S/C18H17BrN2OS2/c1-12(13-6-2-3-7-14(13)19)20-17(22)10-23-11-18-21-15-8-4-5-9-16(15)24-18/h2-9,12H,10-11H2,1H3,(H,20,22). The van der Waals surface area contributed by atoms with Crippen LogP contribution in [-0.4, -0.2) is 16.6 Å². The Bertz CT molecular complexity index is 817. The Kier molecular flexibility index (Phi) is 5.92. The molecule has 1 atom stereocenters. The van der Waals surface area contributed by atoms with Gasteiger partial charge in [0.05, 0.1) is 22.0 Å². The first-order valence-corrected chi connectivity index (χ1v) is 10.4. The molecule has 0 aliphatic carbocycles. The van der Waals surface area contributed by atoms with Gasteiger partial charge in [0.1, 0.15) is 5.01 Å². The van der Waals surface area contributed by atoms with E-state index in [4.69, 9.17) is 0 Å². The topological polar surface area (TPSA) is 42.0 Å². The number of hydrogen-bond acceptors (Lipinski definition) is 4. The maximum atomic E-state index is 12.1. The summed E-state index contributed by atoms with van der Waals surface area (Å²) in [5, 5.41) is 4.11. The number of thiazole rings is 1. The van der Waals surface area contributed by atoms with E-state index in [0.717, 1.165) is 26.3 Å². The number of nitrogens with zero attached hydrogens (tertiary/aromatic N) is 1. The number of halogens is 1. The van der Waals surface area contributed by atoms with Gasteiger partial charge in [0.15, 0.2) is 0 Å². The smallest absolute Gasteiger partial charge is 0.230 e. The lowest BCUT2D eigenvalue weighted by Gasteiger charge is -2.15. The van der Waals surface area contributed by atoms with E-state index >= 15 is 0 Å². The summed E-state index contributed by atoms with van der Waals surface area (Å²) in [4.78, 5) is 16.7. The highest BCUT2D eigenvalue weighted by Crippen LogP contribution is 2.25. The SMILES string of the molecule is CC(NC(=O)CSCc1nc2ccccc2s1)c1ccccc1Br. The first kappa shape index (κ1) is 17.5. The first-order chi connectivity index (χ1) is 11.6. The number of thioether (sulfide) groups is 1. The quantitative estimate of drug-likeness (QED) is 0.597. The maximum absolute atomic E-state index is 12.1. The Morgan fingerprint density at radius 2 is 2.00 bits per heavy atom. The van der Waals surface area contributed by atoms with E-state index in [0.29, 0.717) is 5.75 Å². The summed E-state index contributed by atoms with van der Waals surface area (Å²) in [6.07, 6.45) is 0. The van der Waals surface area contributed by atoms with Crippen LogP contribution in [0.5, 0.6) is 0 Å². The monoisotopic (exact) mass is 420 g/mol. The van der Waals surface area contributed by atoms with E-state index < -0.39 is 0 Å². The number of amides is 1. The second-order valence-corrected chi connectivity index (χ2v) is 8.33. The second-order valence-electron chi connectivity index (χ2n) is 5.38. The van der Waals surface area contributed by atoms with Crippen molar-refractivity contribution in [2.24, 2.45) is 0 Å². The molecule has 0 aliphatic heterocycles. The van der Waals surface area contributed by atoms with Crippen LogP contribution in [0.1, 0.15) is 23.5 Å². The molecule has 2 aromatic carbocycles. The average Bonchev–Trinajstić information content (AvgIpc) is 2.97. The minimum atomic E-state index is -0.0175. The van der Waals surface area contributed by atoms with Crippen LogP contribution >= 0.6 is 39.0 Å².